The number of nitrogens with one attached hydrogen (secondary N) is 4. The van der Waals surface area contributed by atoms with Gasteiger partial charge in [-0.15, -0.1) is 0 Å². The Kier molecular flexibility index (Phi) is 7.94. The summed E-state index contributed by atoms with van der Waals surface area (Å²) < 4.78 is 64.6. The van der Waals surface area contributed by atoms with Crippen LogP contribution in [0.2, 0.25) is 0 Å². The number of hydrogen-bond acceptors (Lipinski definition) is 6. The van der Waals surface area contributed by atoms with E-state index in [-0.39, 0.29) is 40.2 Å². The third-order valence-corrected chi connectivity index (χ3v) is 7.46. The number of benzene rings is 2. The highest BCUT2D eigenvalue weighted by Gasteiger charge is 2.31. The van der Waals surface area contributed by atoms with Gasteiger partial charge in [-0.25, -0.2) is 13.5 Å². The fraction of sp³-hybridized carbons (Fsp3) is 0.250. The first-order chi connectivity index (χ1) is 17.9. The van der Waals surface area contributed by atoms with Crippen molar-refractivity contribution in [2.24, 2.45) is 7.05 Å². The van der Waals surface area contributed by atoms with Crippen LogP contribution in [-0.2, 0) is 17.3 Å². The molecule has 38 heavy (non-hydrogen) atoms. The summed E-state index contributed by atoms with van der Waals surface area (Å²) >= 11 is 1.96. The number of anilines is 3. The Bertz CT molecular complexity index is 1590. The zero-order chi connectivity index (χ0) is 27.8. The first kappa shape index (κ1) is 27.8. The lowest BCUT2D eigenvalue weighted by molar-refractivity contribution is 0.0948. The van der Waals surface area contributed by atoms with Crippen molar-refractivity contribution in [1.82, 2.24) is 14.6 Å². The molecular weight excluding hydrogens is 635 g/mol. The predicted molar refractivity (Wildman–Crippen MR) is 147 cm³/mol. The van der Waals surface area contributed by atoms with Gasteiger partial charge in [-0.3, -0.25) is 18.9 Å². The first-order valence-electron chi connectivity index (χ1n) is 11.4. The van der Waals surface area contributed by atoms with E-state index in [1.54, 1.807) is 6.07 Å². The third kappa shape index (κ3) is 6.07. The van der Waals surface area contributed by atoms with Gasteiger partial charge in [-0.05, 0) is 72.7 Å². The molecular formula is C24H24F2IN5O5S. The maximum absolute atomic E-state index is 14.7. The van der Waals surface area contributed by atoms with Crippen LogP contribution in [0.1, 0.15) is 28.8 Å². The third-order valence-electron chi connectivity index (χ3n) is 5.76. The van der Waals surface area contributed by atoms with Crippen molar-refractivity contribution in [2.45, 2.75) is 25.8 Å². The molecule has 3 aromatic rings. The molecule has 0 saturated heterocycles. The number of carbonyl (C=O) groups excluding carboxylic acids is 1. The molecule has 4 N–H and O–H groups in total. The van der Waals surface area contributed by atoms with E-state index in [2.05, 4.69) is 10.6 Å². The molecule has 1 amide bonds. The van der Waals surface area contributed by atoms with Crippen LogP contribution in [0.3, 0.4) is 0 Å². The lowest BCUT2D eigenvalue weighted by Crippen LogP contribution is -2.31. The highest BCUT2D eigenvalue weighted by Crippen LogP contribution is 2.36. The van der Waals surface area contributed by atoms with Crippen molar-refractivity contribution in [3.05, 3.63) is 73.1 Å². The van der Waals surface area contributed by atoms with Crippen LogP contribution < -0.4 is 30.4 Å². The van der Waals surface area contributed by atoms with Crippen molar-refractivity contribution < 1.29 is 26.7 Å². The minimum absolute atomic E-state index is 0.0212. The summed E-state index contributed by atoms with van der Waals surface area (Å²) in [5.74, 6) is -2.25. The SMILES string of the molecule is CNS(=O)(=O)Nc1cc(Oc2c(C(=O)NC3CC3)c(Nc3ccc(I)cc3F)n(C)c(=O)c2C)ccc1F. The van der Waals surface area contributed by atoms with E-state index >= 15 is 0 Å². The Morgan fingerprint density at radius 1 is 1.11 bits per heavy atom. The minimum Gasteiger partial charge on any atom is -0.456 e. The fourth-order valence-electron chi connectivity index (χ4n) is 3.56. The molecule has 10 nitrogen and oxygen atoms in total. The number of rotatable bonds is 9. The van der Waals surface area contributed by atoms with Crippen LogP contribution in [0.25, 0.3) is 0 Å². The molecule has 1 fully saturated rings. The first-order valence-corrected chi connectivity index (χ1v) is 13.9. The Hall–Kier alpha value is -3.24. The largest absolute Gasteiger partial charge is 0.456 e. The van der Waals surface area contributed by atoms with Gasteiger partial charge >= 0.3 is 0 Å². The summed E-state index contributed by atoms with van der Waals surface area (Å²) in [7, 11) is -1.46. The molecule has 1 aromatic heterocycles. The second-order valence-corrected chi connectivity index (χ2v) is 11.5. The number of halogens is 3. The molecule has 0 unspecified atom stereocenters. The molecule has 0 aliphatic heterocycles. The maximum Gasteiger partial charge on any atom is 0.298 e. The smallest absolute Gasteiger partial charge is 0.298 e. The van der Waals surface area contributed by atoms with Gasteiger partial charge in [0.1, 0.15) is 28.8 Å². The second-order valence-electron chi connectivity index (χ2n) is 8.59. The van der Waals surface area contributed by atoms with Gasteiger partial charge < -0.3 is 15.4 Å². The van der Waals surface area contributed by atoms with E-state index in [0.717, 1.165) is 32.0 Å². The summed E-state index contributed by atoms with van der Waals surface area (Å²) in [5.41, 5.74) is -0.933. The molecule has 0 radical (unpaired) electrons. The van der Waals surface area contributed by atoms with Crippen molar-refractivity contribution in [2.75, 3.05) is 17.1 Å². The number of carbonyl (C=O) groups is 1. The van der Waals surface area contributed by atoms with Crippen molar-refractivity contribution in [3.63, 3.8) is 0 Å². The zero-order valence-corrected chi connectivity index (χ0v) is 23.5. The van der Waals surface area contributed by atoms with Crippen LogP contribution in [0.4, 0.5) is 26.0 Å². The van der Waals surface area contributed by atoms with E-state index in [1.807, 2.05) is 32.0 Å². The van der Waals surface area contributed by atoms with Gasteiger partial charge in [0, 0.05) is 29.8 Å². The van der Waals surface area contributed by atoms with Crippen molar-refractivity contribution in [1.29, 1.82) is 0 Å². The number of amides is 1. The second kappa shape index (κ2) is 10.9. The number of hydrogen-bond donors (Lipinski definition) is 4. The van der Waals surface area contributed by atoms with Crippen molar-refractivity contribution in [3.8, 4) is 11.5 Å². The average Bonchev–Trinajstić information content (AvgIpc) is 3.68. The van der Waals surface area contributed by atoms with Crippen LogP contribution in [-0.4, -0.2) is 32.0 Å². The molecule has 2 aromatic carbocycles. The molecule has 1 saturated carbocycles. The quantitative estimate of drug-likeness (QED) is 0.258. The van der Waals surface area contributed by atoms with Gasteiger partial charge in [0.05, 0.1) is 16.9 Å². The molecule has 0 atom stereocenters. The summed E-state index contributed by atoms with van der Waals surface area (Å²) in [5, 5.41) is 5.70. The van der Waals surface area contributed by atoms with Gasteiger partial charge in [-0.1, -0.05) is 0 Å². The number of aromatic nitrogens is 1. The Labute approximate surface area is 231 Å². The van der Waals surface area contributed by atoms with Gasteiger partial charge in [-0.2, -0.15) is 8.42 Å². The summed E-state index contributed by atoms with van der Waals surface area (Å²) in [6, 6.07) is 7.65. The summed E-state index contributed by atoms with van der Waals surface area (Å²) in [6.07, 6.45) is 1.57. The van der Waals surface area contributed by atoms with Crippen LogP contribution in [0.5, 0.6) is 11.5 Å². The highest BCUT2D eigenvalue weighted by molar-refractivity contribution is 14.1. The fourth-order valence-corrected chi connectivity index (χ4v) is 4.56. The molecule has 0 spiro atoms. The number of pyridine rings is 1. The maximum atomic E-state index is 14.7. The van der Waals surface area contributed by atoms with E-state index in [4.69, 9.17) is 4.74 Å². The lowest BCUT2D eigenvalue weighted by Gasteiger charge is -2.21. The van der Waals surface area contributed by atoms with Crippen LogP contribution in [0.15, 0.2) is 41.2 Å². The monoisotopic (exact) mass is 659 g/mol. The number of ether oxygens (including phenoxy) is 1. The minimum atomic E-state index is -4.04. The Morgan fingerprint density at radius 3 is 2.45 bits per heavy atom. The van der Waals surface area contributed by atoms with Crippen LogP contribution in [0, 0.1) is 22.1 Å². The lowest BCUT2D eigenvalue weighted by atomic mass is 10.1. The molecule has 1 aliphatic rings. The standard InChI is InChI=1S/C24H24F2IN5O5S/c1-12-21(37-15-7-8-16(25)19(11-15)31-38(35,36)28-2)20(23(33)29-14-5-6-14)22(32(3)24(12)34)30-18-9-4-13(27)10-17(18)26/h4,7-11,14,28,30-31H,5-6H2,1-3H3,(H,29,33). The Balaban J connectivity index is 1.85. The Morgan fingerprint density at radius 2 is 1.82 bits per heavy atom. The van der Waals surface area contributed by atoms with Gasteiger partial charge in [0.15, 0.2) is 5.75 Å². The molecule has 0 bridgehead atoms. The van der Waals surface area contributed by atoms with Gasteiger partial charge in [0.2, 0.25) is 0 Å². The van der Waals surface area contributed by atoms with E-state index in [9.17, 15) is 26.8 Å². The molecule has 1 heterocycles. The summed E-state index contributed by atoms with van der Waals surface area (Å²) in [4.78, 5) is 26.6. The topological polar surface area (TPSA) is 131 Å². The van der Waals surface area contributed by atoms with E-state index < -0.39 is 39.0 Å². The normalized spacial score (nSPS) is 13.2. The predicted octanol–water partition coefficient (Wildman–Crippen LogP) is 3.88. The molecule has 202 valence electrons. The molecule has 14 heteroatoms. The number of nitrogens with zero attached hydrogens (tertiary/aromatic N) is 1. The molecule has 4 rings (SSSR count). The van der Waals surface area contributed by atoms with Gasteiger partial charge in [0.25, 0.3) is 21.7 Å². The van der Waals surface area contributed by atoms with E-state index in [1.165, 1.54) is 36.7 Å². The van der Waals surface area contributed by atoms with Crippen molar-refractivity contribution >= 4 is 55.9 Å². The highest BCUT2D eigenvalue weighted by atomic mass is 127. The van der Waals surface area contributed by atoms with E-state index in [0.29, 0.717) is 3.57 Å². The van der Waals surface area contributed by atoms with Crippen LogP contribution >= 0.6 is 22.6 Å². The zero-order valence-electron chi connectivity index (χ0n) is 20.5. The summed E-state index contributed by atoms with van der Waals surface area (Å²) in [6.45, 7) is 1.45. The average molecular weight is 659 g/mol. The molecule has 1 aliphatic carbocycles.